The van der Waals surface area contributed by atoms with Gasteiger partial charge in [-0.15, -0.1) is 0 Å². The number of amides is 1. The van der Waals surface area contributed by atoms with Crippen LogP contribution >= 0.6 is 0 Å². The van der Waals surface area contributed by atoms with E-state index in [0.717, 1.165) is 60.2 Å². The normalized spacial score (nSPS) is 17.0. The summed E-state index contributed by atoms with van der Waals surface area (Å²) in [7, 11) is 5.52. The maximum absolute atomic E-state index is 12.9. The van der Waals surface area contributed by atoms with Gasteiger partial charge in [-0.05, 0) is 42.8 Å². The highest BCUT2D eigenvalue weighted by molar-refractivity contribution is 6.01. The number of methoxy groups -OCH3 is 1. The molecule has 3 aromatic carbocycles. The summed E-state index contributed by atoms with van der Waals surface area (Å²) >= 11 is 0. The van der Waals surface area contributed by atoms with Crippen molar-refractivity contribution in [2.45, 2.75) is 25.3 Å². The Morgan fingerprint density at radius 1 is 0.902 bits per heavy atom. The molecule has 0 saturated carbocycles. The van der Waals surface area contributed by atoms with Crippen LogP contribution in [0.1, 0.15) is 30.9 Å². The van der Waals surface area contributed by atoms with Crippen molar-refractivity contribution in [1.29, 1.82) is 0 Å². The second-order valence-electron chi connectivity index (χ2n) is 10.8. The summed E-state index contributed by atoms with van der Waals surface area (Å²) in [5.41, 5.74) is 5.02. The van der Waals surface area contributed by atoms with E-state index in [0.29, 0.717) is 19.4 Å². The SMILES string of the molecule is COC(=O)CC1c2ccccc2N=C(N(C)CCCC(=O)N2CCN(C)CC2)N1c1ccc(-c2ccccc2)cc1. The van der Waals surface area contributed by atoms with E-state index in [-0.39, 0.29) is 24.3 Å². The number of piperazine rings is 1. The molecule has 1 atom stereocenters. The highest BCUT2D eigenvalue weighted by atomic mass is 16.5. The maximum Gasteiger partial charge on any atom is 0.307 e. The number of fused-ring (bicyclic) bond motifs is 1. The first-order chi connectivity index (χ1) is 19.9. The summed E-state index contributed by atoms with van der Waals surface area (Å²) in [6.07, 6.45) is 1.39. The Kier molecular flexibility index (Phi) is 8.99. The van der Waals surface area contributed by atoms with Gasteiger partial charge in [0, 0.05) is 57.4 Å². The monoisotopic (exact) mass is 553 g/mol. The first kappa shape index (κ1) is 28.4. The predicted molar refractivity (Wildman–Crippen MR) is 163 cm³/mol. The largest absolute Gasteiger partial charge is 0.469 e. The highest BCUT2D eigenvalue weighted by Gasteiger charge is 2.35. The zero-order valence-electron chi connectivity index (χ0n) is 24.2. The molecule has 214 valence electrons. The number of benzene rings is 3. The van der Waals surface area contributed by atoms with Crippen molar-refractivity contribution in [2.24, 2.45) is 4.99 Å². The van der Waals surface area contributed by atoms with E-state index in [1.807, 2.05) is 54.4 Å². The lowest BCUT2D eigenvalue weighted by Gasteiger charge is -2.41. The minimum atomic E-state index is -0.289. The number of hydrogen-bond acceptors (Lipinski definition) is 7. The van der Waals surface area contributed by atoms with E-state index in [4.69, 9.17) is 9.73 Å². The van der Waals surface area contributed by atoms with Gasteiger partial charge in [0.15, 0.2) is 0 Å². The summed E-state index contributed by atoms with van der Waals surface area (Å²) in [6, 6.07) is 26.3. The number of guanidine groups is 1. The summed E-state index contributed by atoms with van der Waals surface area (Å²) in [5, 5.41) is 0. The molecule has 1 unspecified atom stereocenters. The van der Waals surface area contributed by atoms with Gasteiger partial charge in [-0.2, -0.15) is 0 Å². The van der Waals surface area contributed by atoms with Crippen molar-refractivity contribution >= 4 is 29.2 Å². The molecule has 2 aliphatic heterocycles. The average molecular weight is 554 g/mol. The molecule has 0 radical (unpaired) electrons. The van der Waals surface area contributed by atoms with Gasteiger partial charge >= 0.3 is 5.97 Å². The van der Waals surface area contributed by atoms with Gasteiger partial charge in [-0.25, -0.2) is 4.99 Å². The standard InChI is InChI=1S/C33H39N5O3/c1-35-20-22-37(23-21-35)31(39)14-9-19-36(2)33-34-29-13-8-7-12-28(29)30(24-32(40)41-3)38(33)27-17-15-26(16-18-27)25-10-5-4-6-11-25/h4-8,10-13,15-18,30H,9,14,19-24H2,1-3H3. The lowest BCUT2D eigenvalue weighted by molar-refractivity contribution is -0.141. The Balaban J connectivity index is 1.41. The number of carbonyl (C=O) groups excluding carboxylic acids is 2. The first-order valence-electron chi connectivity index (χ1n) is 14.3. The molecule has 0 aliphatic carbocycles. The minimum Gasteiger partial charge on any atom is -0.469 e. The number of anilines is 1. The third kappa shape index (κ3) is 6.60. The molecule has 1 fully saturated rings. The van der Waals surface area contributed by atoms with Gasteiger partial charge in [-0.3, -0.25) is 9.59 Å². The van der Waals surface area contributed by atoms with Crippen molar-refractivity contribution < 1.29 is 14.3 Å². The van der Waals surface area contributed by atoms with E-state index in [9.17, 15) is 9.59 Å². The molecular weight excluding hydrogens is 514 g/mol. The van der Waals surface area contributed by atoms with Gasteiger partial charge in [0.25, 0.3) is 0 Å². The average Bonchev–Trinajstić information content (AvgIpc) is 3.01. The van der Waals surface area contributed by atoms with Crippen LogP contribution in [0.2, 0.25) is 0 Å². The predicted octanol–water partition coefficient (Wildman–Crippen LogP) is 4.95. The number of nitrogens with zero attached hydrogens (tertiary/aromatic N) is 5. The van der Waals surface area contributed by atoms with Crippen LogP contribution in [0.5, 0.6) is 0 Å². The molecule has 2 aliphatic rings. The van der Waals surface area contributed by atoms with E-state index in [1.165, 1.54) is 7.11 Å². The maximum atomic E-state index is 12.9. The van der Waals surface area contributed by atoms with Crippen molar-refractivity contribution in [3.63, 3.8) is 0 Å². The van der Waals surface area contributed by atoms with Crippen LogP contribution in [-0.4, -0.2) is 86.5 Å². The fourth-order valence-electron chi connectivity index (χ4n) is 5.54. The zero-order chi connectivity index (χ0) is 28.8. The third-order valence-corrected chi connectivity index (χ3v) is 7.97. The fraction of sp³-hybridized carbons (Fsp3) is 0.364. The summed E-state index contributed by atoms with van der Waals surface area (Å²) < 4.78 is 5.12. The number of hydrogen-bond donors (Lipinski definition) is 0. The van der Waals surface area contributed by atoms with Crippen LogP contribution in [0.3, 0.4) is 0 Å². The Labute approximate surface area is 242 Å². The molecule has 8 nitrogen and oxygen atoms in total. The highest BCUT2D eigenvalue weighted by Crippen LogP contribution is 2.40. The van der Waals surface area contributed by atoms with Gasteiger partial charge in [0.05, 0.1) is 25.3 Å². The van der Waals surface area contributed by atoms with Crippen LogP contribution in [0.15, 0.2) is 83.9 Å². The van der Waals surface area contributed by atoms with Crippen LogP contribution in [0.4, 0.5) is 11.4 Å². The van der Waals surface area contributed by atoms with Crippen molar-refractivity contribution in [2.75, 3.05) is 58.8 Å². The molecule has 1 saturated heterocycles. The van der Waals surface area contributed by atoms with Crippen molar-refractivity contribution in [3.05, 3.63) is 84.4 Å². The summed E-state index contributed by atoms with van der Waals surface area (Å²) in [6.45, 7) is 4.07. The molecule has 3 aromatic rings. The molecule has 5 rings (SSSR count). The number of rotatable bonds is 8. The van der Waals surface area contributed by atoms with E-state index < -0.39 is 0 Å². The molecule has 0 aromatic heterocycles. The van der Waals surface area contributed by atoms with Crippen LogP contribution in [-0.2, 0) is 14.3 Å². The Morgan fingerprint density at radius 2 is 1.56 bits per heavy atom. The van der Waals surface area contributed by atoms with E-state index in [2.05, 4.69) is 58.1 Å². The van der Waals surface area contributed by atoms with Gasteiger partial charge < -0.3 is 24.3 Å². The number of likely N-dealkylation sites (N-methyl/N-ethyl adjacent to an activating group) is 1. The van der Waals surface area contributed by atoms with Crippen molar-refractivity contribution in [1.82, 2.24) is 14.7 Å². The third-order valence-electron chi connectivity index (χ3n) is 7.97. The topological polar surface area (TPSA) is 68.7 Å². The van der Waals surface area contributed by atoms with Gasteiger partial charge in [-0.1, -0.05) is 60.7 Å². The molecular formula is C33H39N5O3. The van der Waals surface area contributed by atoms with Crippen LogP contribution in [0.25, 0.3) is 11.1 Å². The molecule has 1 amide bonds. The van der Waals surface area contributed by atoms with Crippen LogP contribution < -0.4 is 4.90 Å². The van der Waals surface area contributed by atoms with E-state index in [1.54, 1.807) is 0 Å². The molecule has 0 spiro atoms. The first-order valence-corrected chi connectivity index (χ1v) is 14.3. The molecule has 8 heteroatoms. The van der Waals surface area contributed by atoms with Gasteiger partial charge in [0.2, 0.25) is 11.9 Å². The van der Waals surface area contributed by atoms with Crippen LogP contribution in [0, 0.1) is 0 Å². The Hall–Kier alpha value is -4.17. The van der Waals surface area contributed by atoms with Gasteiger partial charge in [0.1, 0.15) is 0 Å². The lowest BCUT2D eigenvalue weighted by atomic mass is 9.97. The molecule has 0 bridgehead atoms. The summed E-state index contributed by atoms with van der Waals surface area (Å²) in [5.74, 6) is 0.675. The second-order valence-corrected chi connectivity index (χ2v) is 10.8. The fourth-order valence-corrected chi connectivity index (χ4v) is 5.54. The number of carbonyl (C=O) groups is 2. The number of para-hydroxylation sites is 1. The zero-order valence-corrected chi connectivity index (χ0v) is 24.2. The quantitative estimate of drug-likeness (QED) is 0.368. The lowest BCUT2D eigenvalue weighted by Crippen LogP contribution is -2.48. The Bertz CT molecular complexity index is 1370. The Morgan fingerprint density at radius 3 is 2.27 bits per heavy atom. The number of aliphatic imine (C=N–C) groups is 1. The molecule has 0 N–H and O–H groups in total. The minimum absolute atomic E-state index is 0.183. The van der Waals surface area contributed by atoms with Crippen molar-refractivity contribution in [3.8, 4) is 11.1 Å². The molecule has 2 heterocycles. The smallest absolute Gasteiger partial charge is 0.307 e. The number of esters is 1. The number of ether oxygens (including phenoxy) is 1. The molecule has 41 heavy (non-hydrogen) atoms. The summed E-state index contributed by atoms with van der Waals surface area (Å²) in [4.78, 5) is 39.1. The van der Waals surface area contributed by atoms with E-state index >= 15 is 0 Å². The second kappa shape index (κ2) is 13.0.